The minimum atomic E-state index is -4.67. The number of ether oxygens (including phenoxy) is 4. The SMILES string of the molecule is CNC(C)[C@@H]1CC[C@@H](N)[C@@H](O[C@H]2[C@@H](O)[C@@H](O[C@H]3OC[C@](C)(O)[C@H](NC)[C@@H]3O)[C@H](N)C[C@@H]2N)O1.O=S(=O)(O)O. The molecule has 38 heavy (non-hydrogen) atoms. The van der Waals surface area contributed by atoms with Gasteiger partial charge in [-0.1, -0.05) is 0 Å². The molecule has 2 heterocycles. The van der Waals surface area contributed by atoms with Gasteiger partial charge < -0.3 is 62.1 Å². The molecule has 2 aliphatic heterocycles. The lowest BCUT2D eigenvalue weighted by Crippen LogP contribution is -2.68. The number of likely N-dealkylation sites (N-methyl/N-ethyl adjacent to an activating group) is 2. The van der Waals surface area contributed by atoms with Crippen LogP contribution in [-0.2, 0) is 29.3 Å². The molecule has 13 atom stereocenters. The maximum Gasteiger partial charge on any atom is 0.394 e. The first-order valence-corrected chi connectivity index (χ1v) is 13.9. The molecule has 1 aliphatic carbocycles. The molecule has 0 spiro atoms. The van der Waals surface area contributed by atoms with Crippen LogP contribution in [0.5, 0.6) is 0 Å². The number of hydrogen-bond donors (Lipinski definition) is 10. The third kappa shape index (κ3) is 8.95. The van der Waals surface area contributed by atoms with Crippen LogP contribution in [0, 0.1) is 0 Å². The minimum Gasteiger partial charge on any atom is -0.388 e. The molecule has 226 valence electrons. The molecule has 16 nitrogen and oxygen atoms in total. The van der Waals surface area contributed by atoms with Gasteiger partial charge in [0.25, 0.3) is 0 Å². The summed E-state index contributed by atoms with van der Waals surface area (Å²) in [6.45, 7) is 3.52. The molecule has 1 unspecified atom stereocenters. The summed E-state index contributed by atoms with van der Waals surface area (Å²) in [6.07, 6.45) is -4.22. The van der Waals surface area contributed by atoms with E-state index in [1.807, 2.05) is 14.0 Å². The van der Waals surface area contributed by atoms with Gasteiger partial charge >= 0.3 is 10.4 Å². The fraction of sp³-hybridized carbons (Fsp3) is 1.00. The highest BCUT2D eigenvalue weighted by molar-refractivity contribution is 7.79. The van der Waals surface area contributed by atoms with E-state index in [0.29, 0.717) is 12.8 Å². The van der Waals surface area contributed by atoms with Crippen molar-refractivity contribution in [2.24, 2.45) is 17.2 Å². The van der Waals surface area contributed by atoms with Crippen LogP contribution in [-0.4, -0.2) is 132 Å². The van der Waals surface area contributed by atoms with Crippen LogP contribution in [0.25, 0.3) is 0 Å². The van der Waals surface area contributed by atoms with Crippen LogP contribution in [0.2, 0.25) is 0 Å². The first kappa shape index (κ1) is 33.6. The summed E-state index contributed by atoms with van der Waals surface area (Å²) in [7, 11) is -1.17. The second-order valence-corrected chi connectivity index (χ2v) is 11.3. The molecule has 1 saturated carbocycles. The van der Waals surface area contributed by atoms with Gasteiger partial charge in [-0.2, -0.15) is 8.42 Å². The molecule has 3 aliphatic rings. The summed E-state index contributed by atoms with van der Waals surface area (Å²) < 4.78 is 55.3. The number of aliphatic hydroxyl groups excluding tert-OH is 2. The van der Waals surface area contributed by atoms with Crippen LogP contribution in [0.4, 0.5) is 0 Å². The molecule has 13 N–H and O–H groups in total. The van der Waals surface area contributed by atoms with Gasteiger partial charge in [-0.15, -0.1) is 0 Å². The lowest BCUT2D eigenvalue weighted by molar-refractivity contribution is -0.307. The van der Waals surface area contributed by atoms with Crippen LogP contribution >= 0.6 is 0 Å². The molecule has 0 bridgehead atoms. The Morgan fingerprint density at radius 1 is 0.974 bits per heavy atom. The van der Waals surface area contributed by atoms with E-state index in [1.165, 1.54) is 0 Å². The van der Waals surface area contributed by atoms with Crippen LogP contribution < -0.4 is 27.8 Å². The van der Waals surface area contributed by atoms with Crippen molar-refractivity contribution in [2.45, 2.75) is 112 Å². The van der Waals surface area contributed by atoms with Gasteiger partial charge in [0.05, 0.1) is 24.8 Å². The van der Waals surface area contributed by atoms with Crippen molar-refractivity contribution in [3.05, 3.63) is 0 Å². The Hall–Kier alpha value is -0.610. The molecule has 2 saturated heterocycles. The molecule has 0 radical (unpaired) electrons. The Morgan fingerprint density at radius 3 is 2.00 bits per heavy atom. The zero-order valence-electron chi connectivity index (χ0n) is 22.1. The fourth-order valence-corrected chi connectivity index (χ4v) is 5.04. The van der Waals surface area contributed by atoms with Crippen molar-refractivity contribution in [2.75, 3.05) is 20.7 Å². The number of nitrogens with two attached hydrogens (primary N) is 3. The Morgan fingerprint density at radius 2 is 1.50 bits per heavy atom. The Labute approximate surface area is 223 Å². The maximum atomic E-state index is 11.1. The number of hydrogen-bond acceptors (Lipinski definition) is 14. The molecule has 3 rings (SSSR count). The van der Waals surface area contributed by atoms with Crippen molar-refractivity contribution >= 4 is 10.4 Å². The van der Waals surface area contributed by atoms with Crippen molar-refractivity contribution < 1.29 is 51.8 Å². The lowest BCUT2D eigenvalue weighted by Gasteiger charge is -2.48. The van der Waals surface area contributed by atoms with E-state index >= 15 is 0 Å². The van der Waals surface area contributed by atoms with E-state index in [0.717, 1.165) is 6.42 Å². The van der Waals surface area contributed by atoms with Crippen LogP contribution in [0.15, 0.2) is 0 Å². The molecule has 0 amide bonds. The third-order valence-electron chi connectivity index (χ3n) is 7.24. The van der Waals surface area contributed by atoms with E-state index < -0.39 is 71.1 Å². The average Bonchev–Trinajstić information content (AvgIpc) is 2.80. The molecule has 0 aromatic carbocycles. The average molecular weight is 576 g/mol. The first-order valence-electron chi connectivity index (χ1n) is 12.5. The van der Waals surface area contributed by atoms with Gasteiger partial charge in [-0.05, 0) is 47.2 Å². The number of rotatable bonds is 7. The standard InChI is InChI=1S/C21H43N5O7.H2O4S/c1-9(25-3)13-6-5-10(22)19(31-13)32-16-11(23)7-12(24)17(14(16)27)33-20-15(28)18(26-4)21(2,29)8-30-20;1-5(2,3)4/h9-20,25-29H,5-8,22-24H2,1-4H3;(H2,1,2,3,4)/t9?,10-,11+,12-,13+,14-,15+,16-,17+,18-,19-,20-,21+;/m1./s1. The molecular weight excluding hydrogens is 530 g/mol. The van der Waals surface area contributed by atoms with Gasteiger partial charge in [-0.25, -0.2) is 0 Å². The molecule has 3 fully saturated rings. The lowest BCUT2D eigenvalue weighted by atomic mass is 9.84. The second-order valence-electron chi connectivity index (χ2n) is 10.4. The van der Waals surface area contributed by atoms with Gasteiger partial charge in [-0.3, -0.25) is 9.11 Å². The van der Waals surface area contributed by atoms with E-state index in [-0.39, 0.29) is 24.8 Å². The monoisotopic (exact) mass is 575 g/mol. The fourth-order valence-electron chi connectivity index (χ4n) is 5.04. The van der Waals surface area contributed by atoms with Crippen molar-refractivity contribution in [3.63, 3.8) is 0 Å². The highest BCUT2D eigenvalue weighted by atomic mass is 32.3. The quantitative estimate of drug-likeness (QED) is 0.130. The van der Waals surface area contributed by atoms with Crippen LogP contribution in [0.3, 0.4) is 0 Å². The summed E-state index contributed by atoms with van der Waals surface area (Å²) in [5, 5.41) is 38.3. The zero-order chi connectivity index (χ0) is 29.0. The second kappa shape index (κ2) is 13.8. The van der Waals surface area contributed by atoms with E-state index in [4.69, 9.17) is 53.7 Å². The zero-order valence-corrected chi connectivity index (χ0v) is 22.9. The summed E-state index contributed by atoms with van der Waals surface area (Å²) >= 11 is 0. The highest BCUT2D eigenvalue weighted by Gasteiger charge is 2.50. The third-order valence-corrected chi connectivity index (χ3v) is 7.24. The normalized spacial score (nSPS) is 45.1. The van der Waals surface area contributed by atoms with E-state index in [1.54, 1.807) is 14.0 Å². The topological polar surface area (TPSA) is 274 Å². The summed E-state index contributed by atoms with van der Waals surface area (Å²) in [4.78, 5) is 0. The summed E-state index contributed by atoms with van der Waals surface area (Å²) in [6, 6.07) is -2.11. The van der Waals surface area contributed by atoms with Gasteiger partial charge in [0.1, 0.15) is 30.0 Å². The van der Waals surface area contributed by atoms with E-state index in [2.05, 4.69) is 10.6 Å². The first-order chi connectivity index (χ1) is 17.5. The molecule has 0 aromatic heterocycles. The maximum absolute atomic E-state index is 11.1. The highest BCUT2D eigenvalue weighted by Crippen LogP contribution is 2.31. The van der Waals surface area contributed by atoms with Crippen LogP contribution in [0.1, 0.15) is 33.1 Å². The molecular formula is C21H45N5O11S. The van der Waals surface area contributed by atoms with Crippen molar-refractivity contribution in [3.8, 4) is 0 Å². The van der Waals surface area contributed by atoms with Crippen molar-refractivity contribution in [1.29, 1.82) is 0 Å². The van der Waals surface area contributed by atoms with Gasteiger partial charge in [0, 0.05) is 18.1 Å². The Balaban J connectivity index is 0.000000926. The number of aliphatic hydroxyl groups is 3. The Kier molecular flexibility index (Phi) is 12.2. The molecule has 17 heteroatoms. The predicted octanol–water partition coefficient (Wildman–Crippen LogP) is -3.98. The number of nitrogens with one attached hydrogen (secondary N) is 2. The predicted molar refractivity (Wildman–Crippen MR) is 134 cm³/mol. The van der Waals surface area contributed by atoms with Gasteiger partial charge in [0.15, 0.2) is 12.6 Å². The van der Waals surface area contributed by atoms with Gasteiger partial charge in [0.2, 0.25) is 0 Å². The smallest absolute Gasteiger partial charge is 0.388 e. The summed E-state index contributed by atoms with van der Waals surface area (Å²) in [5.74, 6) is 0. The summed E-state index contributed by atoms with van der Waals surface area (Å²) in [5.41, 5.74) is 17.5. The molecule has 0 aromatic rings. The van der Waals surface area contributed by atoms with Crippen molar-refractivity contribution in [1.82, 2.24) is 10.6 Å². The Bertz CT molecular complexity index is 832. The van der Waals surface area contributed by atoms with E-state index in [9.17, 15) is 15.3 Å². The largest absolute Gasteiger partial charge is 0.394 e. The minimum absolute atomic E-state index is 0.0620.